The molecule has 0 bridgehead atoms. The predicted octanol–water partition coefficient (Wildman–Crippen LogP) is -1.30. The lowest BCUT2D eigenvalue weighted by Crippen LogP contribution is -2.19. The first-order valence-electron chi connectivity index (χ1n) is 7.67. The number of amides is 2. The molecule has 4 N–H and O–H groups in total. The van der Waals surface area contributed by atoms with Crippen molar-refractivity contribution in [3.05, 3.63) is 12.2 Å². The molecule has 0 saturated carbocycles. The third-order valence-electron chi connectivity index (χ3n) is 2.15. The summed E-state index contributed by atoms with van der Waals surface area (Å²) in [5.41, 5.74) is 0. The van der Waals surface area contributed by atoms with E-state index in [1.165, 1.54) is 12.2 Å². The molecule has 0 aromatic rings. The standard InChI is InChI=1S/C8H18O5.C4H3NO2.C3H6O2/c9-1-3-11-5-7-13-8-6-12-4-2-10;6-3-1-2-4(7)5-3;1-2-3(4)5/h9-10H,1-8H2;1-2H,(H,5,6,7);2H2,1H3,(H,4,5). The number of ether oxygens (including phenoxy) is 3. The van der Waals surface area contributed by atoms with Gasteiger partial charge in [0, 0.05) is 18.6 Å². The second kappa shape index (κ2) is 20.2. The van der Waals surface area contributed by atoms with Crippen molar-refractivity contribution in [2.75, 3.05) is 52.9 Å². The Kier molecular flexibility index (Phi) is 20.5. The van der Waals surface area contributed by atoms with Crippen LogP contribution in [0.5, 0.6) is 0 Å². The molecule has 0 aliphatic carbocycles. The van der Waals surface area contributed by atoms with E-state index in [0.717, 1.165) is 0 Å². The van der Waals surface area contributed by atoms with Crippen LogP contribution in [0, 0.1) is 0 Å². The molecule has 0 unspecified atom stereocenters. The van der Waals surface area contributed by atoms with Gasteiger partial charge >= 0.3 is 5.97 Å². The van der Waals surface area contributed by atoms with Gasteiger partial charge in [0.1, 0.15) is 0 Å². The molecule has 1 aliphatic heterocycles. The van der Waals surface area contributed by atoms with Crippen LogP contribution in [0.2, 0.25) is 0 Å². The Hall–Kier alpha value is -1.85. The van der Waals surface area contributed by atoms with Crippen molar-refractivity contribution in [3.8, 4) is 0 Å². The molecule has 1 aliphatic rings. The first-order chi connectivity index (χ1) is 12.0. The molecule has 0 radical (unpaired) electrons. The summed E-state index contributed by atoms with van der Waals surface area (Å²) in [5, 5.41) is 26.5. The van der Waals surface area contributed by atoms with Gasteiger partial charge in [-0.15, -0.1) is 0 Å². The number of carbonyl (C=O) groups is 3. The summed E-state index contributed by atoms with van der Waals surface area (Å²) >= 11 is 0. The van der Waals surface area contributed by atoms with E-state index in [1.807, 2.05) is 5.32 Å². The van der Waals surface area contributed by atoms with E-state index in [9.17, 15) is 14.4 Å². The number of aliphatic hydroxyl groups is 2. The summed E-state index contributed by atoms with van der Waals surface area (Å²) in [6.45, 7) is 4.36. The van der Waals surface area contributed by atoms with Crippen LogP contribution in [0.15, 0.2) is 12.2 Å². The van der Waals surface area contributed by atoms with Crippen molar-refractivity contribution < 1.29 is 43.9 Å². The van der Waals surface area contributed by atoms with Gasteiger partial charge in [0.15, 0.2) is 0 Å². The number of nitrogens with one attached hydrogen (secondary N) is 1. The number of carboxylic acid groups (broad SMARTS) is 1. The fourth-order valence-electron chi connectivity index (χ4n) is 1.03. The smallest absolute Gasteiger partial charge is 0.303 e. The molecule has 2 amide bonds. The number of rotatable bonds is 11. The molecule has 1 rings (SSSR count). The van der Waals surface area contributed by atoms with Crippen LogP contribution >= 0.6 is 0 Å². The van der Waals surface area contributed by atoms with Gasteiger partial charge in [-0.05, 0) is 0 Å². The van der Waals surface area contributed by atoms with E-state index < -0.39 is 5.97 Å². The summed E-state index contributed by atoms with van der Waals surface area (Å²) in [6.07, 6.45) is 2.62. The average molecular weight is 365 g/mol. The first kappa shape index (κ1) is 25.4. The van der Waals surface area contributed by atoms with Crippen molar-refractivity contribution in [1.29, 1.82) is 0 Å². The maximum atomic E-state index is 10.0. The lowest BCUT2D eigenvalue weighted by atomic mass is 10.5. The lowest BCUT2D eigenvalue weighted by molar-refractivity contribution is -0.136. The number of aliphatic carboxylic acids is 1. The minimum atomic E-state index is -0.745. The van der Waals surface area contributed by atoms with Crippen molar-refractivity contribution in [2.45, 2.75) is 13.3 Å². The largest absolute Gasteiger partial charge is 0.481 e. The van der Waals surface area contributed by atoms with Gasteiger partial charge in [-0.3, -0.25) is 19.7 Å². The van der Waals surface area contributed by atoms with Crippen LogP contribution in [0.25, 0.3) is 0 Å². The van der Waals surface area contributed by atoms with E-state index >= 15 is 0 Å². The number of hydrogen-bond acceptors (Lipinski definition) is 8. The third kappa shape index (κ3) is 24.5. The molecule has 0 spiro atoms. The maximum absolute atomic E-state index is 10.0. The summed E-state index contributed by atoms with van der Waals surface area (Å²) in [4.78, 5) is 29.4. The number of carboxylic acids is 1. The highest BCUT2D eigenvalue weighted by molar-refractivity contribution is 6.12. The first-order valence-corrected chi connectivity index (χ1v) is 7.67. The minimum Gasteiger partial charge on any atom is -0.481 e. The molecule has 1 heterocycles. The Morgan fingerprint density at radius 3 is 1.40 bits per heavy atom. The Bertz CT molecular complexity index is 359. The third-order valence-corrected chi connectivity index (χ3v) is 2.15. The zero-order valence-electron chi connectivity index (χ0n) is 14.3. The number of carbonyl (C=O) groups excluding carboxylic acids is 2. The SMILES string of the molecule is CCC(=O)O.O=C1C=CC(=O)N1.OCCOCCOCCOCCO. The molecule has 0 fully saturated rings. The molecule has 10 nitrogen and oxygen atoms in total. The lowest BCUT2D eigenvalue weighted by Gasteiger charge is -2.04. The van der Waals surface area contributed by atoms with Gasteiger partial charge < -0.3 is 29.5 Å². The topological polar surface area (TPSA) is 152 Å². The average Bonchev–Trinajstić information content (AvgIpc) is 2.97. The zero-order chi connectivity index (χ0) is 19.3. The fraction of sp³-hybridized carbons (Fsp3) is 0.667. The zero-order valence-corrected chi connectivity index (χ0v) is 14.3. The normalized spacial score (nSPS) is 12.0. The molecular weight excluding hydrogens is 338 g/mol. The Morgan fingerprint density at radius 1 is 0.880 bits per heavy atom. The number of hydrogen-bond donors (Lipinski definition) is 4. The molecule has 0 atom stereocenters. The second-order valence-electron chi connectivity index (χ2n) is 4.22. The van der Waals surface area contributed by atoms with Crippen molar-refractivity contribution >= 4 is 17.8 Å². The van der Waals surface area contributed by atoms with E-state index in [2.05, 4.69) is 0 Å². The fourth-order valence-corrected chi connectivity index (χ4v) is 1.03. The van der Waals surface area contributed by atoms with Crippen LogP contribution in [0.1, 0.15) is 13.3 Å². The van der Waals surface area contributed by atoms with Gasteiger partial charge in [0.2, 0.25) is 0 Å². The molecule has 0 aromatic carbocycles. The predicted molar refractivity (Wildman–Crippen MR) is 86.8 cm³/mol. The van der Waals surface area contributed by atoms with E-state index in [1.54, 1.807) is 6.92 Å². The Balaban J connectivity index is 0. The molecule has 146 valence electrons. The van der Waals surface area contributed by atoms with Gasteiger partial charge in [0.25, 0.3) is 11.8 Å². The van der Waals surface area contributed by atoms with Crippen LogP contribution in [-0.4, -0.2) is 86.0 Å². The van der Waals surface area contributed by atoms with Gasteiger partial charge in [-0.1, -0.05) is 6.92 Å². The Morgan fingerprint density at radius 2 is 1.20 bits per heavy atom. The minimum absolute atomic E-state index is 0.0413. The molecule has 10 heteroatoms. The monoisotopic (exact) mass is 365 g/mol. The highest BCUT2D eigenvalue weighted by atomic mass is 16.5. The number of aliphatic hydroxyl groups excluding tert-OH is 2. The summed E-state index contributed by atoms with van der Waals surface area (Å²) in [5.74, 6) is -1.40. The van der Waals surface area contributed by atoms with Gasteiger partial charge in [-0.25, -0.2) is 0 Å². The summed E-state index contributed by atoms with van der Waals surface area (Å²) in [7, 11) is 0. The second-order valence-corrected chi connectivity index (χ2v) is 4.22. The van der Waals surface area contributed by atoms with Crippen LogP contribution < -0.4 is 5.32 Å². The van der Waals surface area contributed by atoms with Crippen molar-refractivity contribution in [2.24, 2.45) is 0 Å². The van der Waals surface area contributed by atoms with Crippen molar-refractivity contribution in [1.82, 2.24) is 5.32 Å². The summed E-state index contributed by atoms with van der Waals surface area (Å²) in [6, 6.07) is 0. The van der Waals surface area contributed by atoms with E-state index in [0.29, 0.717) is 39.6 Å². The molecule has 25 heavy (non-hydrogen) atoms. The van der Waals surface area contributed by atoms with Crippen molar-refractivity contribution in [3.63, 3.8) is 0 Å². The van der Waals surface area contributed by atoms with E-state index in [4.69, 9.17) is 29.5 Å². The van der Waals surface area contributed by atoms with Crippen LogP contribution in [0.4, 0.5) is 0 Å². The number of imide groups is 1. The van der Waals surface area contributed by atoms with Gasteiger partial charge in [0.05, 0.1) is 52.9 Å². The maximum Gasteiger partial charge on any atom is 0.303 e. The molecule has 0 saturated heterocycles. The summed E-state index contributed by atoms with van der Waals surface area (Å²) < 4.78 is 15.0. The molecule has 0 aromatic heterocycles. The quantitative estimate of drug-likeness (QED) is 0.258. The molecular formula is C15H27NO9. The Labute approximate surface area is 146 Å². The highest BCUT2D eigenvalue weighted by Crippen LogP contribution is 1.82. The van der Waals surface area contributed by atoms with Crippen LogP contribution in [-0.2, 0) is 28.6 Å². The van der Waals surface area contributed by atoms with Gasteiger partial charge in [-0.2, -0.15) is 0 Å². The van der Waals surface area contributed by atoms with E-state index in [-0.39, 0.29) is 31.4 Å². The highest BCUT2D eigenvalue weighted by Gasteiger charge is 2.06. The van der Waals surface area contributed by atoms with Crippen LogP contribution in [0.3, 0.4) is 0 Å².